The van der Waals surface area contributed by atoms with Gasteiger partial charge in [0.1, 0.15) is 0 Å². The molecule has 0 N–H and O–H groups in total. The Morgan fingerprint density at radius 1 is 1.33 bits per heavy atom. The zero-order valence-electron chi connectivity index (χ0n) is 7.07. The van der Waals surface area contributed by atoms with Crippen molar-refractivity contribution in [2.24, 2.45) is 5.92 Å². The summed E-state index contributed by atoms with van der Waals surface area (Å²) in [6.07, 6.45) is 5.71. The summed E-state index contributed by atoms with van der Waals surface area (Å²) in [5.41, 5.74) is 1.53. The van der Waals surface area contributed by atoms with E-state index in [0.29, 0.717) is 5.92 Å². The summed E-state index contributed by atoms with van der Waals surface area (Å²) >= 11 is 2.23. The number of allylic oxidation sites excluding steroid dienone is 4. The van der Waals surface area contributed by atoms with Crippen LogP contribution in [0.5, 0.6) is 0 Å². The van der Waals surface area contributed by atoms with Gasteiger partial charge in [0, 0.05) is 0 Å². The summed E-state index contributed by atoms with van der Waals surface area (Å²) in [6.45, 7) is 4.45. The van der Waals surface area contributed by atoms with E-state index in [-0.39, 0.29) is 37.2 Å². The quantitative estimate of drug-likeness (QED) is 0.412. The normalized spacial score (nSPS) is 19.5. The third-order valence-corrected chi connectivity index (χ3v) is 2.98. The standard InChI is InChI=1S/C8H11.3ClH.Ti/c1-3-8-5-4-7(2)6-8;;;;/h4-5,7H,3H2,1-2H3;3*1H;/q;;;;+3/p-3. The van der Waals surface area contributed by atoms with E-state index < -0.39 is 0 Å². The van der Waals surface area contributed by atoms with E-state index in [0.717, 1.165) is 0 Å². The maximum atomic E-state index is 2.27. The second-order valence-corrected chi connectivity index (χ2v) is 3.28. The molecule has 1 atom stereocenters. The van der Waals surface area contributed by atoms with Crippen molar-refractivity contribution in [3.63, 3.8) is 0 Å². The molecule has 68 valence electrons. The van der Waals surface area contributed by atoms with Gasteiger partial charge in [0.15, 0.2) is 0 Å². The van der Waals surface area contributed by atoms with Crippen LogP contribution < -0.4 is 37.2 Å². The van der Waals surface area contributed by atoms with Crippen molar-refractivity contribution < 1.29 is 57.7 Å². The first-order valence-electron chi connectivity index (χ1n) is 3.38. The number of hydrogen-bond donors (Lipinski definition) is 0. The molecule has 0 saturated carbocycles. The first-order chi connectivity index (χ1) is 4.25. The van der Waals surface area contributed by atoms with Crippen LogP contribution >= 0.6 is 0 Å². The summed E-state index contributed by atoms with van der Waals surface area (Å²) in [5, 5.41) is 0. The molecule has 0 fully saturated rings. The van der Waals surface area contributed by atoms with Crippen LogP contribution in [-0.2, 0) is 20.4 Å². The predicted octanol–water partition coefficient (Wildman–Crippen LogP) is -6.58. The molecule has 4 heteroatoms. The van der Waals surface area contributed by atoms with E-state index in [4.69, 9.17) is 0 Å². The molecular formula is C8H11Cl3Ti. The molecule has 0 aromatic carbocycles. The third kappa shape index (κ3) is 4.34. The molecule has 1 unspecified atom stereocenters. The molecule has 0 aromatic heterocycles. The fraction of sp³-hybridized carbons (Fsp3) is 0.500. The first-order valence-corrected chi connectivity index (χ1v) is 4.16. The van der Waals surface area contributed by atoms with Gasteiger partial charge in [-0.1, -0.05) is 0 Å². The van der Waals surface area contributed by atoms with Crippen LogP contribution in [0.2, 0.25) is 0 Å². The summed E-state index contributed by atoms with van der Waals surface area (Å²) in [6, 6.07) is 0. The van der Waals surface area contributed by atoms with Gasteiger partial charge in [-0.2, -0.15) is 0 Å². The van der Waals surface area contributed by atoms with Crippen LogP contribution in [-0.4, -0.2) is 0 Å². The van der Waals surface area contributed by atoms with Gasteiger partial charge < -0.3 is 37.2 Å². The zero-order chi connectivity index (χ0) is 6.85. The SMILES string of the molecule is CCC1=[C]([Ti+3])C(C)C=C1.[Cl-].[Cl-].[Cl-]. The number of rotatable bonds is 1. The van der Waals surface area contributed by atoms with E-state index in [1.54, 1.807) is 3.88 Å². The van der Waals surface area contributed by atoms with Gasteiger partial charge >= 0.3 is 68.2 Å². The Bertz CT molecular complexity index is 175. The molecule has 1 rings (SSSR count). The summed E-state index contributed by atoms with van der Waals surface area (Å²) < 4.78 is 1.55. The van der Waals surface area contributed by atoms with Crippen molar-refractivity contribution in [1.29, 1.82) is 0 Å². The number of hydrogen-bond acceptors (Lipinski definition) is 0. The second kappa shape index (κ2) is 8.65. The van der Waals surface area contributed by atoms with Crippen LogP contribution in [0.1, 0.15) is 20.3 Å². The van der Waals surface area contributed by atoms with Gasteiger partial charge in [-0.3, -0.25) is 0 Å². The predicted molar refractivity (Wildman–Crippen MR) is 35.6 cm³/mol. The Labute approximate surface area is 105 Å². The minimum absolute atomic E-state index is 0. The van der Waals surface area contributed by atoms with Crippen molar-refractivity contribution in [2.75, 3.05) is 0 Å². The molecule has 0 heterocycles. The molecule has 0 nitrogen and oxygen atoms in total. The molecule has 0 spiro atoms. The molecule has 0 radical (unpaired) electrons. The summed E-state index contributed by atoms with van der Waals surface area (Å²) in [4.78, 5) is 0. The van der Waals surface area contributed by atoms with Crippen molar-refractivity contribution in [3.05, 3.63) is 21.6 Å². The molecule has 0 saturated heterocycles. The van der Waals surface area contributed by atoms with Gasteiger partial charge in [-0.05, 0) is 0 Å². The van der Waals surface area contributed by atoms with Gasteiger partial charge in [0.05, 0.1) is 0 Å². The largest absolute Gasteiger partial charge is 1.00 e. The van der Waals surface area contributed by atoms with Crippen molar-refractivity contribution in [1.82, 2.24) is 0 Å². The van der Waals surface area contributed by atoms with E-state index in [1.807, 2.05) is 0 Å². The van der Waals surface area contributed by atoms with Crippen LogP contribution in [0, 0.1) is 5.92 Å². The smallest absolute Gasteiger partial charge is 1.00 e. The maximum absolute atomic E-state index is 2.27. The van der Waals surface area contributed by atoms with Gasteiger partial charge in [-0.15, -0.1) is 0 Å². The zero-order valence-corrected chi connectivity index (χ0v) is 10.9. The maximum Gasteiger partial charge on any atom is -1.00 e. The van der Waals surface area contributed by atoms with Crippen LogP contribution in [0.3, 0.4) is 0 Å². The Hall–Kier alpha value is 1.06. The van der Waals surface area contributed by atoms with Crippen LogP contribution in [0.25, 0.3) is 0 Å². The van der Waals surface area contributed by atoms with E-state index in [1.165, 1.54) is 12.0 Å². The number of halogens is 3. The first kappa shape index (κ1) is 18.8. The van der Waals surface area contributed by atoms with E-state index in [9.17, 15) is 0 Å². The van der Waals surface area contributed by atoms with Crippen molar-refractivity contribution in [3.8, 4) is 0 Å². The topological polar surface area (TPSA) is 0 Å². The molecule has 0 aromatic rings. The van der Waals surface area contributed by atoms with E-state index in [2.05, 4.69) is 46.4 Å². The Kier molecular flexibility index (Phi) is 13.5. The van der Waals surface area contributed by atoms with Gasteiger partial charge in [0.2, 0.25) is 0 Å². The Morgan fingerprint density at radius 2 is 1.83 bits per heavy atom. The monoisotopic (exact) mass is 260 g/mol. The summed E-state index contributed by atoms with van der Waals surface area (Å²) in [5.74, 6) is 0.694. The Balaban J connectivity index is -0.000000270. The molecule has 1 aliphatic carbocycles. The fourth-order valence-corrected chi connectivity index (χ4v) is 1.60. The molecular weight excluding hydrogens is 250 g/mol. The van der Waals surface area contributed by atoms with E-state index >= 15 is 0 Å². The van der Waals surface area contributed by atoms with Crippen molar-refractivity contribution in [2.45, 2.75) is 20.3 Å². The average molecular weight is 261 g/mol. The fourth-order valence-electron chi connectivity index (χ4n) is 1.05. The van der Waals surface area contributed by atoms with Gasteiger partial charge in [0.25, 0.3) is 0 Å². The molecule has 0 bridgehead atoms. The minimum atomic E-state index is 0. The van der Waals surface area contributed by atoms with Crippen LogP contribution in [0.15, 0.2) is 21.6 Å². The molecule has 0 amide bonds. The third-order valence-electron chi connectivity index (χ3n) is 1.77. The van der Waals surface area contributed by atoms with Gasteiger partial charge in [-0.25, -0.2) is 0 Å². The molecule has 0 aliphatic heterocycles. The summed E-state index contributed by atoms with van der Waals surface area (Å²) in [7, 11) is 0. The molecule has 12 heavy (non-hydrogen) atoms. The van der Waals surface area contributed by atoms with Crippen molar-refractivity contribution >= 4 is 0 Å². The van der Waals surface area contributed by atoms with Crippen LogP contribution in [0.4, 0.5) is 0 Å². The average Bonchev–Trinajstić information content (AvgIpc) is 2.15. The molecule has 1 aliphatic rings. The minimum Gasteiger partial charge on any atom is -1.00 e. The Morgan fingerprint density at radius 3 is 2.00 bits per heavy atom. The second-order valence-electron chi connectivity index (χ2n) is 2.44.